The number of fused-ring (bicyclic) bond motifs is 2. The Morgan fingerprint density at radius 3 is 2.19 bits per heavy atom. The molecule has 0 fully saturated rings. The summed E-state index contributed by atoms with van der Waals surface area (Å²) in [5, 5.41) is 3.11. The van der Waals surface area contributed by atoms with Crippen molar-refractivity contribution in [2.24, 2.45) is 0 Å². The molecule has 0 spiro atoms. The first-order chi connectivity index (χ1) is 20.6. The molecular formula is C36H43N3O4. The molecule has 3 amide bonds. The SMILES string of the molecule is CC[C@H]1Cc2ccccc2CN1C(=O)C(CCc1ccccc1)NC(=O)CC1Cc2ccccc2N1C(=O)OC(C)(C)C. The van der Waals surface area contributed by atoms with Gasteiger partial charge in [-0.25, -0.2) is 4.79 Å². The highest BCUT2D eigenvalue weighted by atomic mass is 16.6. The van der Waals surface area contributed by atoms with Crippen molar-refractivity contribution in [2.75, 3.05) is 4.90 Å². The largest absolute Gasteiger partial charge is 0.443 e. The molecule has 2 aliphatic rings. The van der Waals surface area contributed by atoms with Gasteiger partial charge >= 0.3 is 6.09 Å². The van der Waals surface area contributed by atoms with Gasteiger partial charge in [0.1, 0.15) is 11.6 Å². The van der Waals surface area contributed by atoms with E-state index in [1.807, 2.05) is 92.4 Å². The van der Waals surface area contributed by atoms with Crippen molar-refractivity contribution in [2.45, 2.75) is 96.5 Å². The van der Waals surface area contributed by atoms with Crippen molar-refractivity contribution >= 4 is 23.6 Å². The Morgan fingerprint density at radius 1 is 0.860 bits per heavy atom. The number of anilines is 1. The van der Waals surface area contributed by atoms with Crippen molar-refractivity contribution < 1.29 is 19.1 Å². The summed E-state index contributed by atoms with van der Waals surface area (Å²) >= 11 is 0. The molecule has 0 aliphatic carbocycles. The van der Waals surface area contributed by atoms with E-state index < -0.39 is 23.8 Å². The van der Waals surface area contributed by atoms with E-state index in [-0.39, 0.29) is 24.3 Å². The fourth-order valence-corrected chi connectivity index (χ4v) is 6.27. The van der Waals surface area contributed by atoms with Crippen LogP contribution in [0, 0.1) is 0 Å². The van der Waals surface area contributed by atoms with Crippen molar-refractivity contribution in [1.29, 1.82) is 0 Å². The van der Waals surface area contributed by atoms with Crippen molar-refractivity contribution in [3.63, 3.8) is 0 Å². The lowest BCUT2D eigenvalue weighted by atomic mass is 9.91. The molecule has 1 N–H and O–H groups in total. The lowest BCUT2D eigenvalue weighted by molar-refractivity contribution is -0.140. The molecule has 3 aromatic rings. The number of para-hydroxylation sites is 1. The lowest BCUT2D eigenvalue weighted by Gasteiger charge is -2.39. The first-order valence-electron chi connectivity index (χ1n) is 15.4. The number of ether oxygens (including phenoxy) is 1. The molecular weight excluding hydrogens is 538 g/mol. The van der Waals surface area contributed by atoms with E-state index in [4.69, 9.17) is 4.74 Å². The van der Waals surface area contributed by atoms with Crippen LogP contribution in [-0.2, 0) is 40.1 Å². The van der Waals surface area contributed by atoms with Gasteiger partial charge in [0.15, 0.2) is 0 Å². The number of hydrogen-bond donors (Lipinski definition) is 1. The quantitative estimate of drug-likeness (QED) is 0.342. The minimum atomic E-state index is -0.675. The molecule has 2 unspecified atom stereocenters. The predicted octanol–water partition coefficient (Wildman–Crippen LogP) is 6.22. The number of nitrogens with one attached hydrogen (secondary N) is 1. The minimum absolute atomic E-state index is 0.0515. The molecule has 7 heteroatoms. The highest BCUT2D eigenvalue weighted by Gasteiger charge is 2.39. The second kappa shape index (κ2) is 13.0. The lowest BCUT2D eigenvalue weighted by Crippen LogP contribution is -2.54. The minimum Gasteiger partial charge on any atom is -0.443 e. The number of hydrogen-bond acceptors (Lipinski definition) is 4. The molecule has 0 saturated carbocycles. The van der Waals surface area contributed by atoms with Crippen LogP contribution < -0.4 is 10.2 Å². The summed E-state index contributed by atoms with van der Waals surface area (Å²) in [6, 6.07) is 25.0. The Morgan fingerprint density at radius 2 is 1.49 bits per heavy atom. The van der Waals surface area contributed by atoms with Crippen LogP contribution in [0.3, 0.4) is 0 Å². The van der Waals surface area contributed by atoms with E-state index in [0.717, 1.165) is 35.2 Å². The van der Waals surface area contributed by atoms with Gasteiger partial charge in [0.05, 0.1) is 11.7 Å². The van der Waals surface area contributed by atoms with Gasteiger partial charge in [-0.05, 0) is 81.2 Å². The van der Waals surface area contributed by atoms with Crippen molar-refractivity contribution in [3.8, 4) is 0 Å². The van der Waals surface area contributed by atoms with Crippen LogP contribution in [0.15, 0.2) is 78.9 Å². The van der Waals surface area contributed by atoms with Gasteiger partial charge in [0.25, 0.3) is 0 Å². The van der Waals surface area contributed by atoms with Gasteiger partial charge in [0.2, 0.25) is 11.8 Å². The number of amides is 3. The fraction of sp³-hybridized carbons (Fsp3) is 0.417. The van der Waals surface area contributed by atoms with E-state index in [1.54, 1.807) is 4.90 Å². The number of rotatable bonds is 8. The number of carbonyl (C=O) groups is 3. The molecule has 0 radical (unpaired) electrons. The Balaban J connectivity index is 1.35. The number of benzene rings is 3. The van der Waals surface area contributed by atoms with E-state index in [2.05, 4.69) is 24.4 Å². The van der Waals surface area contributed by atoms with Crippen LogP contribution in [0.2, 0.25) is 0 Å². The first kappa shape index (κ1) is 30.3. The maximum atomic E-state index is 14.2. The molecule has 2 aliphatic heterocycles. The monoisotopic (exact) mass is 581 g/mol. The van der Waals surface area contributed by atoms with Gasteiger partial charge < -0.3 is 15.0 Å². The van der Waals surface area contributed by atoms with E-state index in [1.165, 1.54) is 5.56 Å². The van der Waals surface area contributed by atoms with Gasteiger partial charge in [-0.2, -0.15) is 0 Å². The van der Waals surface area contributed by atoms with Crippen molar-refractivity contribution in [1.82, 2.24) is 10.2 Å². The second-order valence-corrected chi connectivity index (χ2v) is 12.7. The highest BCUT2D eigenvalue weighted by Crippen LogP contribution is 2.35. The van der Waals surface area contributed by atoms with Crippen LogP contribution in [0.4, 0.5) is 10.5 Å². The van der Waals surface area contributed by atoms with Crippen LogP contribution in [-0.4, -0.2) is 46.5 Å². The zero-order valence-electron chi connectivity index (χ0n) is 25.7. The van der Waals surface area contributed by atoms with Crippen LogP contribution >= 0.6 is 0 Å². The Bertz CT molecular complexity index is 1450. The first-order valence-corrected chi connectivity index (χ1v) is 15.4. The molecule has 226 valence electrons. The zero-order chi connectivity index (χ0) is 30.6. The smallest absolute Gasteiger partial charge is 0.415 e. The van der Waals surface area contributed by atoms with Gasteiger partial charge in [0, 0.05) is 19.0 Å². The Kier molecular flexibility index (Phi) is 9.19. The summed E-state index contributed by atoms with van der Waals surface area (Å²) in [5.41, 5.74) is 4.66. The van der Waals surface area contributed by atoms with Crippen LogP contribution in [0.5, 0.6) is 0 Å². The molecule has 0 saturated heterocycles. The second-order valence-electron chi connectivity index (χ2n) is 12.7. The number of nitrogens with zero attached hydrogens (tertiary/aromatic N) is 2. The highest BCUT2D eigenvalue weighted by molar-refractivity contribution is 5.94. The van der Waals surface area contributed by atoms with E-state index in [9.17, 15) is 14.4 Å². The molecule has 0 aromatic heterocycles. The fourth-order valence-electron chi connectivity index (χ4n) is 6.27. The van der Waals surface area contributed by atoms with Gasteiger partial charge in [-0.1, -0.05) is 79.7 Å². The molecule has 3 aromatic carbocycles. The maximum Gasteiger partial charge on any atom is 0.415 e. The standard InChI is InChI=1S/C36H43N3O4/c1-5-29-21-26-15-9-10-17-28(26)24-38(29)34(41)31(20-19-25-13-7-6-8-14-25)37-33(40)23-30-22-27-16-11-12-18-32(27)39(30)35(42)43-36(2,3)4/h6-18,29-31H,5,19-24H2,1-4H3,(H,37,40)/t29-,30?,31?/m0/s1. The van der Waals surface area contributed by atoms with Gasteiger partial charge in [-0.3, -0.25) is 14.5 Å². The Labute approximate surface area is 255 Å². The third-order valence-corrected chi connectivity index (χ3v) is 8.39. The summed E-state index contributed by atoms with van der Waals surface area (Å²) in [7, 11) is 0. The Hall–Kier alpha value is -4.13. The topological polar surface area (TPSA) is 79.0 Å². The van der Waals surface area contributed by atoms with Gasteiger partial charge in [-0.15, -0.1) is 0 Å². The molecule has 7 nitrogen and oxygen atoms in total. The zero-order valence-corrected chi connectivity index (χ0v) is 25.7. The predicted molar refractivity (Wildman–Crippen MR) is 169 cm³/mol. The average molecular weight is 582 g/mol. The molecule has 43 heavy (non-hydrogen) atoms. The number of aryl methyl sites for hydroxylation is 1. The third-order valence-electron chi connectivity index (χ3n) is 8.39. The molecule has 2 heterocycles. The maximum absolute atomic E-state index is 14.2. The van der Waals surface area contributed by atoms with Crippen molar-refractivity contribution in [3.05, 3.63) is 101 Å². The summed E-state index contributed by atoms with van der Waals surface area (Å²) < 4.78 is 5.72. The van der Waals surface area contributed by atoms with Crippen LogP contribution in [0.1, 0.15) is 69.2 Å². The third kappa shape index (κ3) is 7.27. The summed E-state index contributed by atoms with van der Waals surface area (Å²) in [5.74, 6) is -0.299. The normalized spacial score (nSPS) is 18.4. The number of carbonyl (C=O) groups excluding carboxylic acids is 3. The van der Waals surface area contributed by atoms with E-state index >= 15 is 0 Å². The summed E-state index contributed by atoms with van der Waals surface area (Å²) in [6.07, 6.45) is 2.95. The molecule has 0 bridgehead atoms. The molecule has 3 atom stereocenters. The summed E-state index contributed by atoms with van der Waals surface area (Å²) in [4.78, 5) is 44.8. The van der Waals surface area contributed by atoms with E-state index in [0.29, 0.717) is 25.8 Å². The van der Waals surface area contributed by atoms with Crippen LogP contribution in [0.25, 0.3) is 0 Å². The average Bonchev–Trinajstić information content (AvgIpc) is 3.35. The molecule has 5 rings (SSSR count). The summed E-state index contributed by atoms with van der Waals surface area (Å²) in [6.45, 7) is 8.15.